The van der Waals surface area contributed by atoms with Gasteiger partial charge in [0, 0.05) is 28.7 Å². The van der Waals surface area contributed by atoms with Crippen LogP contribution in [0.25, 0.3) is 44.6 Å². The largest absolute Gasteiger partial charge is 0.245 e. The van der Waals surface area contributed by atoms with Crippen molar-refractivity contribution >= 4 is 21.8 Å². The molecule has 0 N–H and O–H groups in total. The number of hydrogen-bond donors (Lipinski definition) is 0. The number of benzene rings is 2. The smallest absolute Gasteiger partial charge is 0.178 e. The fourth-order valence-corrected chi connectivity index (χ4v) is 3.09. The molecule has 0 aliphatic carbocycles. The molecule has 0 saturated heterocycles. The third-order valence-corrected chi connectivity index (χ3v) is 4.38. The van der Waals surface area contributed by atoms with E-state index in [-0.39, 0.29) is 0 Å². The predicted octanol–water partition coefficient (Wildman–Crippen LogP) is 4.91. The normalized spacial score (nSPS) is 11.1. The van der Waals surface area contributed by atoms with Gasteiger partial charge in [0.2, 0.25) is 0 Å². The van der Waals surface area contributed by atoms with Crippen LogP contribution in [0, 0.1) is 0 Å². The quantitative estimate of drug-likeness (QED) is 0.431. The highest BCUT2D eigenvalue weighted by Gasteiger charge is 2.09. The van der Waals surface area contributed by atoms with Gasteiger partial charge in [0.05, 0.1) is 16.7 Å². The summed E-state index contributed by atoms with van der Waals surface area (Å²) in [6.45, 7) is 0. The fourth-order valence-electron chi connectivity index (χ4n) is 3.09. The maximum Gasteiger partial charge on any atom is 0.178 e. The van der Waals surface area contributed by atoms with Crippen molar-refractivity contribution in [3.8, 4) is 22.8 Å². The minimum atomic E-state index is 0.616. The lowest BCUT2D eigenvalue weighted by molar-refractivity contribution is 1.15. The zero-order chi connectivity index (χ0) is 17.3. The van der Waals surface area contributed by atoms with E-state index < -0.39 is 0 Å². The minimum Gasteiger partial charge on any atom is -0.245 e. The first-order chi connectivity index (χ1) is 12.9. The van der Waals surface area contributed by atoms with Crippen molar-refractivity contribution < 1.29 is 0 Å². The second-order valence-corrected chi connectivity index (χ2v) is 6.04. The molecule has 0 unspecified atom stereocenters. The van der Waals surface area contributed by atoms with Crippen molar-refractivity contribution in [3.05, 3.63) is 85.2 Å². The molecule has 0 spiro atoms. The van der Waals surface area contributed by atoms with E-state index in [4.69, 9.17) is 9.97 Å². The van der Waals surface area contributed by atoms with Crippen molar-refractivity contribution in [3.63, 3.8) is 0 Å². The summed E-state index contributed by atoms with van der Waals surface area (Å²) in [7, 11) is 0. The van der Waals surface area contributed by atoms with Crippen molar-refractivity contribution in [2.75, 3.05) is 0 Å². The summed E-state index contributed by atoms with van der Waals surface area (Å²) in [5.41, 5.74) is 4.53. The van der Waals surface area contributed by atoms with Crippen LogP contribution in [0.2, 0.25) is 0 Å². The molecule has 0 bridgehead atoms. The van der Waals surface area contributed by atoms with Crippen LogP contribution in [-0.4, -0.2) is 19.9 Å². The Bertz CT molecular complexity index is 1120. The predicted molar refractivity (Wildman–Crippen MR) is 104 cm³/mol. The highest BCUT2D eigenvalue weighted by molar-refractivity contribution is 6.04. The lowest BCUT2D eigenvalue weighted by atomic mass is 10.1. The van der Waals surface area contributed by atoms with Gasteiger partial charge in [-0.2, -0.15) is 0 Å². The Balaban J connectivity index is 1.77. The van der Waals surface area contributed by atoms with Crippen molar-refractivity contribution in [2.45, 2.75) is 0 Å². The summed E-state index contributed by atoms with van der Waals surface area (Å²) < 4.78 is 0. The summed E-state index contributed by atoms with van der Waals surface area (Å²) in [5, 5.41) is 2.12. The van der Waals surface area contributed by atoms with Gasteiger partial charge in [-0.1, -0.05) is 54.6 Å². The number of nitrogens with zero attached hydrogens (tertiary/aromatic N) is 4. The summed E-state index contributed by atoms with van der Waals surface area (Å²) in [6.07, 6.45) is 3.45. The maximum atomic E-state index is 4.91. The Hall–Kier alpha value is -3.66. The molecule has 0 aliphatic rings. The van der Waals surface area contributed by atoms with E-state index in [1.54, 1.807) is 18.5 Å². The monoisotopic (exact) mass is 334 g/mol. The van der Waals surface area contributed by atoms with Gasteiger partial charge in [-0.3, -0.25) is 0 Å². The molecule has 0 amide bonds. The zero-order valence-electron chi connectivity index (χ0n) is 13.9. The molecule has 4 nitrogen and oxygen atoms in total. The number of rotatable bonds is 2. The summed E-state index contributed by atoms with van der Waals surface area (Å²) in [5.74, 6) is 0.616. The molecule has 4 heteroatoms. The molecule has 5 rings (SSSR count). The van der Waals surface area contributed by atoms with Gasteiger partial charge in [-0.25, -0.2) is 19.9 Å². The van der Waals surface area contributed by atoms with E-state index in [1.807, 2.05) is 36.4 Å². The van der Waals surface area contributed by atoms with Crippen LogP contribution in [0.5, 0.6) is 0 Å². The first kappa shape index (κ1) is 14.7. The summed E-state index contributed by atoms with van der Waals surface area (Å²) >= 11 is 0. The minimum absolute atomic E-state index is 0.616. The molecule has 0 radical (unpaired) electrons. The SMILES string of the molecule is c1ccc(-c2ccc3ccc4ccc(-c5ncccn5)nc4c3n2)cc1. The zero-order valence-corrected chi connectivity index (χ0v) is 13.9. The average Bonchev–Trinajstić information content (AvgIpc) is 2.74. The Kier molecular flexibility index (Phi) is 3.39. The third-order valence-electron chi connectivity index (χ3n) is 4.38. The lowest BCUT2D eigenvalue weighted by Gasteiger charge is -2.07. The van der Waals surface area contributed by atoms with Crippen LogP contribution in [0.15, 0.2) is 85.2 Å². The number of hydrogen-bond acceptors (Lipinski definition) is 4. The Morgan fingerprint density at radius 1 is 0.500 bits per heavy atom. The van der Waals surface area contributed by atoms with E-state index in [0.29, 0.717) is 5.82 Å². The van der Waals surface area contributed by atoms with E-state index in [1.165, 1.54) is 0 Å². The molecule has 0 aliphatic heterocycles. The van der Waals surface area contributed by atoms with Crippen molar-refractivity contribution in [1.82, 2.24) is 19.9 Å². The Labute approximate surface area is 150 Å². The van der Waals surface area contributed by atoms with Gasteiger partial charge < -0.3 is 0 Å². The van der Waals surface area contributed by atoms with E-state index in [9.17, 15) is 0 Å². The summed E-state index contributed by atoms with van der Waals surface area (Å²) in [4.78, 5) is 18.3. The van der Waals surface area contributed by atoms with E-state index >= 15 is 0 Å². The molecule has 122 valence electrons. The molecule has 3 heterocycles. The van der Waals surface area contributed by atoms with E-state index in [0.717, 1.165) is 38.8 Å². The van der Waals surface area contributed by atoms with Gasteiger partial charge in [0.25, 0.3) is 0 Å². The second-order valence-electron chi connectivity index (χ2n) is 6.04. The molecule has 5 aromatic rings. The Morgan fingerprint density at radius 3 is 1.77 bits per heavy atom. The molecular weight excluding hydrogens is 320 g/mol. The number of aromatic nitrogens is 4. The second kappa shape index (κ2) is 6.01. The van der Waals surface area contributed by atoms with Crippen LogP contribution < -0.4 is 0 Å². The topological polar surface area (TPSA) is 51.6 Å². The maximum absolute atomic E-state index is 4.91. The van der Waals surface area contributed by atoms with Gasteiger partial charge in [-0.15, -0.1) is 0 Å². The molecule has 0 saturated carbocycles. The first-order valence-electron chi connectivity index (χ1n) is 8.42. The van der Waals surface area contributed by atoms with Crippen LogP contribution in [0.1, 0.15) is 0 Å². The molecule has 26 heavy (non-hydrogen) atoms. The van der Waals surface area contributed by atoms with Crippen molar-refractivity contribution in [1.29, 1.82) is 0 Å². The first-order valence-corrected chi connectivity index (χ1v) is 8.42. The standard InChI is InChI=1S/C22H14N4/c1-2-5-15(6-3-1)18-11-9-16-7-8-17-10-12-19(22-23-13-4-14-24-22)26-21(17)20(16)25-18/h1-14H. The molecule has 0 fully saturated rings. The number of fused-ring (bicyclic) bond motifs is 3. The van der Waals surface area contributed by atoms with Crippen LogP contribution in [0.4, 0.5) is 0 Å². The van der Waals surface area contributed by atoms with Gasteiger partial charge in [0.15, 0.2) is 5.82 Å². The highest BCUT2D eigenvalue weighted by Crippen LogP contribution is 2.27. The highest BCUT2D eigenvalue weighted by atomic mass is 14.9. The van der Waals surface area contributed by atoms with Crippen LogP contribution >= 0.6 is 0 Å². The molecule has 3 aromatic heterocycles. The third kappa shape index (κ3) is 2.48. The Morgan fingerprint density at radius 2 is 1.08 bits per heavy atom. The van der Waals surface area contributed by atoms with Crippen LogP contribution in [-0.2, 0) is 0 Å². The lowest BCUT2D eigenvalue weighted by Crippen LogP contribution is -1.93. The van der Waals surface area contributed by atoms with Gasteiger partial charge >= 0.3 is 0 Å². The van der Waals surface area contributed by atoms with Crippen LogP contribution in [0.3, 0.4) is 0 Å². The number of pyridine rings is 2. The molecule has 2 aromatic carbocycles. The van der Waals surface area contributed by atoms with Crippen molar-refractivity contribution in [2.24, 2.45) is 0 Å². The molecular formula is C22H14N4. The van der Waals surface area contributed by atoms with Gasteiger partial charge in [-0.05, 0) is 18.2 Å². The molecule has 0 atom stereocenters. The van der Waals surface area contributed by atoms with Gasteiger partial charge in [0.1, 0.15) is 5.69 Å². The van der Waals surface area contributed by atoms with E-state index in [2.05, 4.69) is 40.3 Å². The fraction of sp³-hybridized carbons (Fsp3) is 0. The average molecular weight is 334 g/mol. The summed E-state index contributed by atoms with van der Waals surface area (Å²) in [6, 6.07) is 24.3.